The van der Waals surface area contributed by atoms with Crippen LogP contribution in [0.15, 0.2) is 48.5 Å². The van der Waals surface area contributed by atoms with Crippen LogP contribution >= 0.6 is 0 Å². The van der Waals surface area contributed by atoms with E-state index in [1.54, 1.807) is 31.3 Å². The molecule has 0 heterocycles. The van der Waals surface area contributed by atoms with Crippen molar-refractivity contribution >= 4 is 88.3 Å². The Morgan fingerprint density at radius 3 is 1.20 bits per heavy atom. The smallest absolute Gasteiger partial charge is 0.335 e. The SMILES string of the molecule is CCCNC(=O)COCCOCCCC(=O)COCCOCCNC(=O)CC[C@H](CC(=O)CCCCCCCCCOc1ccc(C(=O)O)cc1)C(=O)O.CCC[C@H](NC)C(=O)CC[C@@H](CCCCNC(=O)COCCOCCNC(=O)COCCOCCCC(=O)CC[C@H](NC(=O)CCCCCCCCCOc1ccc(C(=O)O)cc1)C(=O)O)C(=O)CCC(=O)O. The van der Waals surface area contributed by atoms with Crippen molar-refractivity contribution in [3.8, 4) is 11.5 Å². The Kier molecular flexibility index (Phi) is 71.9. The minimum absolute atomic E-state index is 0.000107. The van der Waals surface area contributed by atoms with E-state index in [0.29, 0.717) is 128 Å². The van der Waals surface area contributed by atoms with Crippen LogP contribution in [0.2, 0.25) is 0 Å². The van der Waals surface area contributed by atoms with Crippen molar-refractivity contribution in [3.05, 3.63) is 59.7 Å². The van der Waals surface area contributed by atoms with Crippen LogP contribution in [0, 0.1) is 11.8 Å². The molecule has 0 aliphatic heterocycles. The third kappa shape index (κ3) is 68.5. The highest BCUT2D eigenvalue weighted by molar-refractivity contribution is 5.90. The molecule has 0 fully saturated rings. The number of hydrogen-bond donors (Lipinski definition) is 11. The van der Waals surface area contributed by atoms with Gasteiger partial charge in [0.25, 0.3) is 0 Å². The van der Waals surface area contributed by atoms with Gasteiger partial charge in [0.1, 0.15) is 67.1 Å². The number of likely N-dealkylation sites (N-methyl/N-ethyl adjacent to an activating group) is 1. The van der Waals surface area contributed by atoms with Crippen LogP contribution in [0.4, 0.5) is 0 Å². The maximum Gasteiger partial charge on any atom is 0.335 e. The number of nitrogens with one attached hydrogen (secondary N) is 6. The van der Waals surface area contributed by atoms with E-state index in [2.05, 4.69) is 31.9 Å². The number of benzene rings is 2. The lowest BCUT2D eigenvalue weighted by Crippen LogP contribution is -2.41. The lowest BCUT2D eigenvalue weighted by atomic mass is 9.88. The summed E-state index contributed by atoms with van der Waals surface area (Å²) in [5.74, 6) is -7.19. The van der Waals surface area contributed by atoms with E-state index in [4.69, 9.17) is 62.7 Å². The number of Topliss-reactive ketones (excluding diaryl/α,β-unsaturated/α-hetero) is 5. The van der Waals surface area contributed by atoms with Gasteiger partial charge in [-0.05, 0) is 139 Å². The zero-order valence-corrected chi connectivity index (χ0v) is 75.2. The van der Waals surface area contributed by atoms with E-state index >= 15 is 0 Å². The fourth-order valence-electron chi connectivity index (χ4n) is 12.6. The molecule has 0 bridgehead atoms. The standard InChI is InChI=1S/C52H84N4O17.C39H62N2O13/c1-3-14-43(53-2)46(59)25-20-39(45(58)26-27-50(63)64)15-10-11-28-54-48(61)37-72-36-34-70-32-29-55-49(62)38-71-35-33-69-30-13-16-41(57)21-24-44(52(67)68)56-47(60)17-9-7-5-4-6-8-12-31-73-42-22-18-40(19-23-42)51(65)66;1-2-19-40-37(45)30-53-27-24-50-21-10-12-34(43)29-52-26-25-51-23-20-41-36(44)18-15-32(39(48)49)28-33(42)11-8-6-4-3-5-7-9-22-54-35-16-13-31(14-17-35)38(46)47/h18-19,22-23,39,43-44,53H,3-17,20-21,24-38H2,1-2H3,(H,54,61)(H,55,62)(H,56,60)(H,63,64)(H,65,66)(H,67,68);13-14,16-17,32H,2-12,15,18-30H2,1H3,(H,40,45)(H,41,44)(H,46,47)(H,48,49)/t39-,43+,44+;32-/m11/s1. The van der Waals surface area contributed by atoms with Crippen LogP contribution in [-0.4, -0.2) is 278 Å². The molecule has 2 rings (SSSR count). The first-order chi connectivity index (χ1) is 61.3. The van der Waals surface area contributed by atoms with E-state index in [0.717, 1.165) is 89.9 Å². The first-order valence-corrected chi connectivity index (χ1v) is 45.1. The average molecular weight is 1800 g/mol. The number of carbonyl (C=O) groups is 15. The Balaban J connectivity index is 0.00000133. The van der Waals surface area contributed by atoms with Gasteiger partial charge < -0.3 is 105 Å². The van der Waals surface area contributed by atoms with Gasteiger partial charge in [-0.1, -0.05) is 90.9 Å². The molecule has 4 atom stereocenters. The molecule has 2 aromatic rings. The third-order valence-electron chi connectivity index (χ3n) is 19.8. The Hall–Kier alpha value is -9.27. The van der Waals surface area contributed by atoms with Crippen LogP contribution in [0.25, 0.3) is 0 Å². The van der Waals surface area contributed by atoms with Gasteiger partial charge in [0.05, 0.1) is 109 Å². The summed E-state index contributed by atoms with van der Waals surface area (Å²) < 4.78 is 54.1. The highest BCUT2D eigenvalue weighted by atomic mass is 16.5. The normalized spacial score (nSPS) is 12.0. The monoisotopic (exact) mass is 1800 g/mol. The van der Waals surface area contributed by atoms with E-state index in [1.165, 1.54) is 24.3 Å². The number of rotatable bonds is 87. The molecule has 0 aliphatic rings. The van der Waals surface area contributed by atoms with E-state index < -0.39 is 47.7 Å². The second kappa shape index (κ2) is 78.9. The Labute approximate surface area is 747 Å². The number of amides is 5. The molecule has 0 aromatic heterocycles. The van der Waals surface area contributed by atoms with Crippen LogP contribution in [0.3, 0.4) is 0 Å². The fraction of sp³-hybridized carbons (Fsp3) is 0.703. The van der Waals surface area contributed by atoms with Crippen molar-refractivity contribution < 1.29 is 145 Å². The van der Waals surface area contributed by atoms with Crippen molar-refractivity contribution in [2.45, 2.75) is 251 Å². The molecule has 0 saturated heterocycles. The molecule has 0 spiro atoms. The first kappa shape index (κ1) is 116. The quantitative estimate of drug-likeness (QED) is 0.0275. The number of hydrogen-bond acceptors (Lipinski definition) is 26. The number of carbonyl (C=O) groups excluding carboxylic acids is 10. The topological polar surface area (TPSA) is 522 Å². The van der Waals surface area contributed by atoms with Crippen LogP contribution in [0.1, 0.15) is 259 Å². The summed E-state index contributed by atoms with van der Waals surface area (Å²) in [6.07, 6.45) is 19.3. The molecule has 720 valence electrons. The molecule has 0 unspecified atom stereocenters. The van der Waals surface area contributed by atoms with Crippen molar-refractivity contribution in [1.29, 1.82) is 0 Å². The number of aromatic carboxylic acids is 2. The summed E-state index contributed by atoms with van der Waals surface area (Å²) in [4.78, 5) is 178. The number of carboxylic acid groups (broad SMARTS) is 5. The molecule has 2 aromatic carbocycles. The second-order valence-electron chi connectivity index (χ2n) is 30.7. The summed E-state index contributed by atoms with van der Waals surface area (Å²) >= 11 is 0. The Bertz CT molecular complexity index is 3400. The van der Waals surface area contributed by atoms with Crippen molar-refractivity contribution in [1.82, 2.24) is 31.9 Å². The van der Waals surface area contributed by atoms with Crippen molar-refractivity contribution in [2.24, 2.45) is 11.8 Å². The maximum atomic E-state index is 12.7. The van der Waals surface area contributed by atoms with Gasteiger partial charge in [-0.25, -0.2) is 14.4 Å². The highest BCUT2D eigenvalue weighted by Crippen LogP contribution is 2.22. The molecule has 0 aliphatic carbocycles. The molecular formula is C91H146N6O30. The van der Waals surface area contributed by atoms with Gasteiger partial charge in [-0.2, -0.15) is 0 Å². The Morgan fingerprint density at radius 2 is 0.732 bits per heavy atom. The number of aliphatic carboxylic acids is 3. The molecule has 5 amide bonds. The predicted octanol–water partition coefficient (Wildman–Crippen LogP) is 9.22. The predicted molar refractivity (Wildman–Crippen MR) is 469 cm³/mol. The minimum atomic E-state index is -1.19. The van der Waals surface area contributed by atoms with Gasteiger partial charge >= 0.3 is 29.8 Å². The summed E-state index contributed by atoms with van der Waals surface area (Å²) in [5.41, 5.74) is 0.433. The molecule has 36 nitrogen and oxygen atoms in total. The van der Waals surface area contributed by atoms with Gasteiger partial charge in [0, 0.05) is 103 Å². The van der Waals surface area contributed by atoms with E-state index in [1.807, 2.05) is 13.8 Å². The second-order valence-corrected chi connectivity index (χ2v) is 30.7. The molecule has 127 heavy (non-hydrogen) atoms. The first-order valence-electron chi connectivity index (χ1n) is 45.1. The zero-order chi connectivity index (χ0) is 93.6. The zero-order valence-electron chi connectivity index (χ0n) is 75.2. The summed E-state index contributed by atoms with van der Waals surface area (Å²) in [6.45, 7) is 9.16. The minimum Gasteiger partial charge on any atom is -0.494 e. The Morgan fingerprint density at radius 1 is 0.299 bits per heavy atom. The highest BCUT2D eigenvalue weighted by Gasteiger charge is 2.26. The summed E-state index contributed by atoms with van der Waals surface area (Å²) in [5, 5.41) is 62.3. The van der Waals surface area contributed by atoms with Crippen LogP contribution in [0.5, 0.6) is 11.5 Å². The summed E-state index contributed by atoms with van der Waals surface area (Å²) in [7, 11) is 1.73. The average Bonchev–Trinajstić information content (AvgIpc) is 0.903. The lowest BCUT2D eigenvalue weighted by Gasteiger charge is -2.18. The fourth-order valence-corrected chi connectivity index (χ4v) is 12.6. The van der Waals surface area contributed by atoms with Gasteiger partial charge in [-0.3, -0.25) is 57.5 Å². The van der Waals surface area contributed by atoms with E-state index in [9.17, 15) is 82.1 Å². The van der Waals surface area contributed by atoms with Crippen LogP contribution in [-0.2, 0) is 100 Å². The molecule has 11 N–H and O–H groups in total. The molecular weight excluding hydrogens is 1660 g/mol. The number of carboxylic acids is 5. The third-order valence-corrected chi connectivity index (χ3v) is 19.8. The summed E-state index contributed by atoms with van der Waals surface area (Å²) in [6, 6.07) is 11.2. The number of ketones is 5. The van der Waals surface area contributed by atoms with Crippen LogP contribution < -0.4 is 41.4 Å². The van der Waals surface area contributed by atoms with Crippen molar-refractivity contribution in [3.63, 3.8) is 0 Å². The van der Waals surface area contributed by atoms with E-state index in [-0.39, 0.29) is 239 Å². The molecule has 0 saturated carbocycles. The van der Waals surface area contributed by atoms with Gasteiger partial charge in [0.2, 0.25) is 29.5 Å². The maximum absolute atomic E-state index is 12.7. The number of unbranched alkanes of at least 4 members (excludes halogenated alkanes) is 13. The van der Waals surface area contributed by atoms with Gasteiger partial charge in [-0.15, -0.1) is 0 Å². The molecule has 36 heteroatoms. The largest absolute Gasteiger partial charge is 0.494 e. The lowest BCUT2D eigenvalue weighted by molar-refractivity contribution is -0.144. The number of ether oxygens (including phenoxy) is 10. The van der Waals surface area contributed by atoms with Crippen molar-refractivity contribution in [2.75, 3.05) is 152 Å². The molecule has 0 radical (unpaired) electrons. The van der Waals surface area contributed by atoms with Gasteiger partial charge in [0.15, 0.2) is 5.78 Å².